The van der Waals surface area contributed by atoms with Gasteiger partial charge < -0.3 is 14.8 Å². The van der Waals surface area contributed by atoms with E-state index in [1.54, 1.807) is 18.9 Å². The van der Waals surface area contributed by atoms with Gasteiger partial charge in [-0.2, -0.15) is 0 Å². The zero-order valence-electron chi connectivity index (χ0n) is 14.6. The molecule has 0 bridgehead atoms. The lowest BCUT2D eigenvalue weighted by molar-refractivity contribution is 0.185. The van der Waals surface area contributed by atoms with E-state index < -0.39 is 0 Å². The highest BCUT2D eigenvalue weighted by molar-refractivity contribution is 7.99. The van der Waals surface area contributed by atoms with E-state index in [1.807, 2.05) is 25.2 Å². The molecule has 2 aromatic rings. The Hall–Kier alpha value is -1.28. The Balaban J connectivity index is 0.00000225. The van der Waals surface area contributed by atoms with Crippen molar-refractivity contribution in [2.75, 3.05) is 33.1 Å². The molecule has 0 radical (unpaired) electrons. The number of rotatable bonds is 8. The van der Waals surface area contributed by atoms with E-state index in [4.69, 9.17) is 9.47 Å². The highest BCUT2D eigenvalue weighted by Crippen LogP contribution is 2.27. The Bertz CT molecular complexity index is 662. The van der Waals surface area contributed by atoms with Crippen LogP contribution in [-0.4, -0.2) is 47.9 Å². The molecule has 1 atom stereocenters. The van der Waals surface area contributed by atoms with Crippen molar-refractivity contribution >= 4 is 24.2 Å². The average molecular weight is 385 g/mol. The van der Waals surface area contributed by atoms with Crippen LogP contribution in [0.1, 0.15) is 18.7 Å². The minimum Gasteiger partial charge on any atom is -0.497 e. The van der Waals surface area contributed by atoms with Gasteiger partial charge >= 0.3 is 0 Å². The average Bonchev–Trinajstić information content (AvgIpc) is 3.26. The number of halogens is 1. The smallest absolute Gasteiger partial charge is 0.195 e. The van der Waals surface area contributed by atoms with Crippen molar-refractivity contribution in [3.8, 4) is 11.4 Å². The third-order valence-corrected chi connectivity index (χ3v) is 5.09. The van der Waals surface area contributed by atoms with Crippen molar-refractivity contribution in [1.29, 1.82) is 0 Å². The van der Waals surface area contributed by atoms with Crippen molar-refractivity contribution < 1.29 is 9.47 Å². The SMILES string of the molecule is CNCc1nnc(SCCC2CCOC2)n1-c1cccc(OC)c1.Cl. The zero-order valence-corrected chi connectivity index (χ0v) is 16.2. The Morgan fingerprint density at radius 1 is 1.40 bits per heavy atom. The van der Waals surface area contributed by atoms with Gasteiger partial charge in [0.1, 0.15) is 5.75 Å². The molecule has 0 aliphatic carbocycles. The number of nitrogens with zero attached hydrogens (tertiary/aromatic N) is 3. The standard InChI is InChI=1S/C17H24N4O2S.ClH/c1-18-11-16-19-20-17(24-9-7-13-6-8-23-12-13)21(16)14-4-3-5-15(10-14)22-2;/h3-5,10,13,18H,6-9,11-12H2,1-2H3;1H. The summed E-state index contributed by atoms with van der Waals surface area (Å²) in [5, 5.41) is 12.8. The van der Waals surface area contributed by atoms with Gasteiger partial charge in [0.05, 0.1) is 19.3 Å². The van der Waals surface area contributed by atoms with Crippen LogP contribution in [0.15, 0.2) is 29.4 Å². The molecule has 6 nitrogen and oxygen atoms in total. The third-order valence-electron chi connectivity index (χ3n) is 4.13. The second-order valence-electron chi connectivity index (χ2n) is 5.83. The Morgan fingerprint density at radius 2 is 2.28 bits per heavy atom. The van der Waals surface area contributed by atoms with E-state index in [9.17, 15) is 0 Å². The van der Waals surface area contributed by atoms with Crippen LogP contribution in [-0.2, 0) is 11.3 Å². The van der Waals surface area contributed by atoms with Crippen molar-refractivity contribution in [3.05, 3.63) is 30.1 Å². The molecule has 0 spiro atoms. The summed E-state index contributed by atoms with van der Waals surface area (Å²) in [6, 6.07) is 8.00. The Morgan fingerprint density at radius 3 is 3.00 bits per heavy atom. The fourth-order valence-electron chi connectivity index (χ4n) is 2.80. The number of thioether (sulfide) groups is 1. The predicted octanol–water partition coefficient (Wildman–Crippen LogP) is 2.94. The summed E-state index contributed by atoms with van der Waals surface area (Å²) in [6.07, 6.45) is 2.32. The predicted molar refractivity (Wildman–Crippen MR) is 102 cm³/mol. The molecular formula is C17H25ClN4O2S. The van der Waals surface area contributed by atoms with Crippen molar-refractivity contribution in [2.24, 2.45) is 5.92 Å². The summed E-state index contributed by atoms with van der Waals surface area (Å²) in [7, 11) is 3.59. The van der Waals surface area contributed by atoms with Gasteiger partial charge in [0.25, 0.3) is 0 Å². The molecule has 0 saturated carbocycles. The molecule has 1 aromatic heterocycles. The summed E-state index contributed by atoms with van der Waals surface area (Å²) < 4.78 is 12.9. The maximum atomic E-state index is 5.45. The summed E-state index contributed by atoms with van der Waals surface area (Å²) in [6.45, 7) is 2.47. The van der Waals surface area contributed by atoms with E-state index >= 15 is 0 Å². The summed E-state index contributed by atoms with van der Waals surface area (Å²) >= 11 is 1.75. The van der Waals surface area contributed by atoms with Crippen molar-refractivity contribution in [3.63, 3.8) is 0 Å². The van der Waals surface area contributed by atoms with Crippen LogP contribution in [0.25, 0.3) is 5.69 Å². The quantitative estimate of drug-likeness (QED) is 0.706. The van der Waals surface area contributed by atoms with Gasteiger partial charge in [-0.1, -0.05) is 17.8 Å². The number of aromatic nitrogens is 3. The topological polar surface area (TPSA) is 61.2 Å². The first-order chi connectivity index (χ1) is 11.8. The lowest BCUT2D eigenvalue weighted by atomic mass is 10.1. The Labute approximate surface area is 159 Å². The van der Waals surface area contributed by atoms with Gasteiger partial charge in [-0.15, -0.1) is 22.6 Å². The lowest BCUT2D eigenvalue weighted by Crippen LogP contribution is -2.12. The fraction of sp³-hybridized carbons (Fsp3) is 0.529. The first kappa shape index (κ1) is 20.0. The van der Waals surface area contributed by atoms with Gasteiger partial charge in [-0.25, -0.2) is 0 Å². The number of nitrogens with one attached hydrogen (secondary N) is 1. The maximum absolute atomic E-state index is 5.45. The molecule has 138 valence electrons. The van der Waals surface area contributed by atoms with Gasteiger partial charge in [-0.05, 0) is 37.9 Å². The zero-order chi connectivity index (χ0) is 16.8. The van der Waals surface area contributed by atoms with Crippen LogP contribution in [0.5, 0.6) is 5.75 Å². The van der Waals surface area contributed by atoms with Crippen molar-refractivity contribution in [1.82, 2.24) is 20.1 Å². The fourth-order valence-corrected chi connectivity index (χ4v) is 3.88. The van der Waals surface area contributed by atoms with Crippen LogP contribution in [0.3, 0.4) is 0 Å². The van der Waals surface area contributed by atoms with Gasteiger partial charge in [0.15, 0.2) is 11.0 Å². The Kier molecular flexibility index (Phi) is 8.02. The number of hydrogen-bond donors (Lipinski definition) is 1. The molecule has 1 unspecified atom stereocenters. The minimum absolute atomic E-state index is 0. The number of benzene rings is 1. The van der Waals surface area contributed by atoms with Gasteiger partial charge in [0.2, 0.25) is 0 Å². The second-order valence-corrected chi connectivity index (χ2v) is 6.89. The molecule has 2 heterocycles. The molecule has 8 heteroatoms. The minimum atomic E-state index is 0. The normalized spacial score (nSPS) is 16.6. The highest BCUT2D eigenvalue weighted by atomic mass is 35.5. The van der Waals surface area contributed by atoms with Crippen molar-refractivity contribution in [2.45, 2.75) is 24.5 Å². The molecule has 3 rings (SSSR count). The third kappa shape index (κ3) is 5.10. The lowest BCUT2D eigenvalue weighted by Gasteiger charge is -2.12. The molecule has 1 aromatic carbocycles. The van der Waals surface area contributed by atoms with E-state index in [-0.39, 0.29) is 12.4 Å². The van der Waals surface area contributed by atoms with E-state index in [1.165, 1.54) is 6.42 Å². The summed E-state index contributed by atoms with van der Waals surface area (Å²) in [5.41, 5.74) is 1.02. The van der Waals surface area contributed by atoms with E-state index in [0.717, 1.165) is 47.8 Å². The molecule has 1 fully saturated rings. The van der Waals surface area contributed by atoms with Crippen LogP contribution in [0, 0.1) is 5.92 Å². The molecule has 25 heavy (non-hydrogen) atoms. The molecule has 1 aliphatic rings. The monoisotopic (exact) mass is 384 g/mol. The summed E-state index contributed by atoms with van der Waals surface area (Å²) in [5.74, 6) is 3.44. The molecule has 1 saturated heterocycles. The van der Waals surface area contributed by atoms with Crippen LogP contribution >= 0.6 is 24.2 Å². The second kappa shape index (κ2) is 10.0. The van der Waals surface area contributed by atoms with E-state index in [2.05, 4.69) is 26.1 Å². The first-order valence-electron chi connectivity index (χ1n) is 8.25. The maximum Gasteiger partial charge on any atom is 0.195 e. The molecule has 0 amide bonds. The van der Waals surface area contributed by atoms with Crippen LogP contribution < -0.4 is 10.1 Å². The highest BCUT2D eigenvalue weighted by Gasteiger charge is 2.18. The first-order valence-corrected chi connectivity index (χ1v) is 9.24. The number of ether oxygens (including phenoxy) is 2. The molecular weight excluding hydrogens is 360 g/mol. The van der Waals surface area contributed by atoms with E-state index in [0.29, 0.717) is 12.5 Å². The van der Waals surface area contributed by atoms with Gasteiger partial charge in [0, 0.05) is 25.0 Å². The van der Waals surface area contributed by atoms with Gasteiger partial charge in [-0.3, -0.25) is 4.57 Å². The number of hydrogen-bond acceptors (Lipinski definition) is 6. The van der Waals surface area contributed by atoms with Crippen LogP contribution in [0.4, 0.5) is 0 Å². The summed E-state index contributed by atoms with van der Waals surface area (Å²) in [4.78, 5) is 0. The largest absolute Gasteiger partial charge is 0.497 e. The molecule has 1 aliphatic heterocycles. The molecule has 1 N–H and O–H groups in total. The van der Waals surface area contributed by atoms with Crippen LogP contribution in [0.2, 0.25) is 0 Å². The number of methoxy groups -OCH3 is 1.